The van der Waals surface area contributed by atoms with Gasteiger partial charge < -0.3 is 5.73 Å². The molecule has 0 saturated heterocycles. The second-order valence-corrected chi connectivity index (χ2v) is 5.48. The van der Waals surface area contributed by atoms with Crippen LogP contribution < -0.4 is 5.73 Å². The Morgan fingerprint density at radius 2 is 1.65 bits per heavy atom. The fourth-order valence-corrected chi connectivity index (χ4v) is 2.93. The molecular weight excluding hydrogens is 266 g/mol. The first-order chi connectivity index (χ1) is 9.66. The molecule has 0 amide bonds. The topological polar surface area (TPSA) is 26.0 Å². The standard InChI is InChI=1S/C18H16ClN/c1-12-9-10-16(17(19)11-12)18(20)15-8-4-6-13-5-2-3-7-14(13)15/h2-11,18H,20H2,1H3. The lowest BCUT2D eigenvalue weighted by Crippen LogP contribution is -2.13. The highest BCUT2D eigenvalue weighted by Crippen LogP contribution is 2.31. The van der Waals surface area contributed by atoms with Crippen molar-refractivity contribution < 1.29 is 0 Å². The SMILES string of the molecule is Cc1ccc(C(N)c2cccc3ccccc23)c(Cl)c1. The molecule has 0 aliphatic carbocycles. The van der Waals surface area contributed by atoms with E-state index in [0.717, 1.165) is 21.7 Å². The number of nitrogens with two attached hydrogens (primary N) is 1. The molecule has 3 rings (SSSR count). The molecule has 0 heterocycles. The maximum atomic E-state index is 6.45. The molecule has 2 N–H and O–H groups in total. The van der Waals surface area contributed by atoms with Crippen LogP contribution in [0.1, 0.15) is 22.7 Å². The Bertz CT molecular complexity index is 759. The van der Waals surface area contributed by atoms with Crippen molar-refractivity contribution >= 4 is 22.4 Å². The normalized spacial score (nSPS) is 12.6. The third-order valence-electron chi connectivity index (χ3n) is 3.65. The zero-order valence-corrected chi connectivity index (χ0v) is 12.1. The fourth-order valence-electron chi connectivity index (χ4n) is 2.57. The second kappa shape index (κ2) is 5.28. The van der Waals surface area contributed by atoms with Crippen molar-refractivity contribution in [2.45, 2.75) is 13.0 Å². The summed E-state index contributed by atoms with van der Waals surface area (Å²) in [4.78, 5) is 0. The quantitative estimate of drug-likeness (QED) is 0.714. The van der Waals surface area contributed by atoms with Crippen molar-refractivity contribution in [3.8, 4) is 0 Å². The van der Waals surface area contributed by atoms with E-state index in [1.54, 1.807) is 0 Å². The first-order valence-electron chi connectivity index (χ1n) is 6.66. The Hall–Kier alpha value is -1.83. The van der Waals surface area contributed by atoms with Crippen LogP contribution in [0.4, 0.5) is 0 Å². The summed E-state index contributed by atoms with van der Waals surface area (Å²) in [7, 11) is 0. The third-order valence-corrected chi connectivity index (χ3v) is 3.98. The molecule has 100 valence electrons. The van der Waals surface area contributed by atoms with E-state index in [2.05, 4.69) is 24.3 Å². The smallest absolute Gasteiger partial charge is 0.0572 e. The highest BCUT2D eigenvalue weighted by atomic mass is 35.5. The summed E-state index contributed by atoms with van der Waals surface area (Å²) >= 11 is 6.35. The summed E-state index contributed by atoms with van der Waals surface area (Å²) < 4.78 is 0. The van der Waals surface area contributed by atoms with Gasteiger partial charge in [0.05, 0.1) is 6.04 Å². The molecule has 1 unspecified atom stereocenters. The fraction of sp³-hybridized carbons (Fsp3) is 0.111. The molecule has 0 spiro atoms. The van der Waals surface area contributed by atoms with E-state index >= 15 is 0 Å². The Labute approximate surface area is 124 Å². The van der Waals surface area contributed by atoms with E-state index in [4.69, 9.17) is 17.3 Å². The highest BCUT2D eigenvalue weighted by Gasteiger charge is 2.14. The molecule has 0 bridgehead atoms. The summed E-state index contributed by atoms with van der Waals surface area (Å²) in [5, 5.41) is 3.10. The molecule has 0 saturated carbocycles. The molecule has 2 heteroatoms. The largest absolute Gasteiger partial charge is 0.320 e. The van der Waals surface area contributed by atoms with Crippen LogP contribution in [-0.4, -0.2) is 0 Å². The molecule has 20 heavy (non-hydrogen) atoms. The van der Waals surface area contributed by atoms with Crippen LogP contribution >= 0.6 is 11.6 Å². The van der Waals surface area contributed by atoms with Gasteiger partial charge in [-0.3, -0.25) is 0 Å². The molecular formula is C18H16ClN. The third kappa shape index (κ3) is 2.31. The average molecular weight is 282 g/mol. The lowest BCUT2D eigenvalue weighted by atomic mass is 9.94. The zero-order valence-electron chi connectivity index (χ0n) is 11.3. The van der Waals surface area contributed by atoms with Gasteiger partial charge in [0.1, 0.15) is 0 Å². The van der Waals surface area contributed by atoms with Crippen LogP contribution in [0.2, 0.25) is 5.02 Å². The number of hydrogen-bond acceptors (Lipinski definition) is 1. The van der Waals surface area contributed by atoms with E-state index in [-0.39, 0.29) is 6.04 Å². The molecule has 3 aromatic carbocycles. The average Bonchev–Trinajstić information content (AvgIpc) is 2.46. The van der Waals surface area contributed by atoms with Gasteiger partial charge in [-0.05, 0) is 40.5 Å². The summed E-state index contributed by atoms with van der Waals surface area (Å²) in [5.41, 5.74) is 9.66. The van der Waals surface area contributed by atoms with Gasteiger partial charge in [-0.15, -0.1) is 0 Å². The predicted octanol–water partition coefficient (Wildman–Crippen LogP) is 4.85. The lowest BCUT2D eigenvalue weighted by Gasteiger charge is -2.17. The van der Waals surface area contributed by atoms with Crippen molar-refractivity contribution in [1.82, 2.24) is 0 Å². The van der Waals surface area contributed by atoms with E-state index in [1.165, 1.54) is 10.8 Å². The monoisotopic (exact) mass is 281 g/mol. The molecule has 3 aromatic rings. The van der Waals surface area contributed by atoms with Crippen molar-refractivity contribution in [2.75, 3.05) is 0 Å². The molecule has 0 aliphatic rings. The van der Waals surface area contributed by atoms with Gasteiger partial charge in [0.2, 0.25) is 0 Å². The van der Waals surface area contributed by atoms with Crippen molar-refractivity contribution in [3.63, 3.8) is 0 Å². The number of rotatable bonds is 2. The molecule has 0 aromatic heterocycles. The van der Waals surface area contributed by atoms with Gasteiger partial charge in [-0.2, -0.15) is 0 Å². The molecule has 1 atom stereocenters. The molecule has 0 radical (unpaired) electrons. The Kier molecular flexibility index (Phi) is 3.47. The van der Waals surface area contributed by atoms with E-state index in [9.17, 15) is 0 Å². The van der Waals surface area contributed by atoms with Gasteiger partial charge in [0.25, 0.3) is 0 Å². The number of aryl methyl sites for hydroxylation is 1. The number of halogens is 1. The highest BCUT2D eigenvalue weighted by molar-refractivity contribution is 6.31. The van der Waals surface area contributed by atoms with Crippen LogP contribution in [-0.2, 0) is 0 Å². The number of fused-ring (bicyclic) bond motifs is 1. The number of hydrogen-bond donors (Lipinski definition) is 1. The predicted molar refractivity (Wildman–Crippen MR) is 86.2 cm³/mol. The molecule has 0 fully saturated rings. The maximum absolute atomic E-state index is 6.45. The molecule has 1 nitrogen and oxygen atoms in total. The summed E-state index contributed by atoms with van der Waals surface area (Å²) in [6.45, 7) is 2.03. The second-order valence-electron chi connectivity index (χ2n) is 5.07. The van der Waals surface area contributed by atoms with Gasteiger partial charge >= 0.3 is 0 Å². The van der Waals surface area contributed by atoms with Crippen molar-refractivity contribution in [1.29, 1.82) is 0 Å². The summed E-state index contributed by atoms with van der Waals surface area (Å²) in [6, 6.07) is 20.3. The van der Waals surface area contributed by atoms with Crippen LogP contribution in [0.3, 0.4) is 0 Å². The minimum absolute atomic E-state index is 0.214. The first-order valence-corrected chi connectivity index (χ1v) is 7.04. The Morgan fingerprint density at radius 3 is 2.45 bits per heavy atom. The van der Waals surface area contributed by atoms with Crippen LogP contribution in [0.15, 0.2) is 60.7 Å². The minimum atomic E-state index is -0.214. The lowest BCUT2D eigenvalue weighted by molar-refractivity contribution is 0.880. The van der Waals surface area contributed by atoms with Gasteiger partial charge in [0.15, 0.2) is 0 Å². The van der Waals surface area contributed by atoms with Crippen LogP contribution in [0.25, 0.3) is 10.8 Å². The number of benzene rings is 3. The summed E-state index contributed by atoms with van der Waals surface area (Å²) in [5.74, 6) is 0. The van der Waals surface area contributed by atoms with Crippen molar-refractivity contribution in [3.05, 3.63) is 82.4 Å². The van der Waals surface area contributed by atoms with Crippen molar-refractivity contribution in [2.24, 2.45) is 5.73 Å². The Balaban J connectivity index is 2.15. The van der Waals surface area contributed by atoms with Gasteiger partial charge in [-0.1, -0.05) is 66.2 Å². The maximum Gasteiger partial charge on any atom is 0.0572 e. The van der Waals surface area contributed by atoms with Crippen LogP contribution in [0.5, 0.6) is 0 Å². The van der Waals surface area contributed by atoms with E-state index in [0.29, 0.717) is 0 Å². The first kappa shape index (κ1) is 13.2. The Morgan fingerprint density at radius 1 is 0.900 bits per heavy atom. The minimum Gasteiger partial charge on any atom is -0.320 e. The van der Waals surface area contributed by atoms with E-state index < -0.39 is 0 Å². The van der Waals surface area contributed by atoms with E-state index in [1.807, 2.05) is 43.3 Å². The van der Waals surface area contributed by atoms with Crippen LogP contribution in [0, 0.1) is 6.92 Å². The summed E-state index contributed by atoms with van der Waals surface area (Å²) in [6.07, 6.45) is 0. The zero-order chi connectivity index (χ0) is 14.1. The van der Waals surface area contributed by atoms with Gasteiger partial charge in [0, 0.05) is 5.02 Å². The molecule has 0 aliphatic heterocycles. The van der Waals surface area contributed by atoms with Gasteiger partial charge in [-0.25, -0.2) is 0 Å².